The van der Waals surface area contributed by atoms with Gasteiger partial charge in [0.05, 0.1) is 28.6 Å². The number of rotatable bonds is 6. The van der Waals surface area contributed by atoms with Crippen molar-refractivity contribution in [2.24, 2.45) is 0 Å². The average molecular weight is 678 g/mol. The summed E-state index contributed by atoms with van der Waals surface area (Å²) in [5.74, 6) is -0.813. The van der Waals surface area contributed by atoms with Gasteiger partial charge in [-0.2, -0.15) is 9.97 Å². The van der Waals surface area contributed by atoms with E-state index in [1.54, 1.807) is 4.90 Å². The topological polar surface area (TPSA) is 123 Å². The second-order valence-corrected chi connectivity index (χ2v) is 13.7. The van der Waals surface area contributed by atoms with E-state index in [1.165, 1.54) is 31.4 Å². The maximum atomic E-state index is 17.3. The van der Waals surface area contributed by atoms with Crippen molar-refractivity contribution < 1.29 is 33.6 Å². The highest BCUT2D eigenvalue weighted by molar-refractivity contribution is 6.37. The van der Waals surface area contributed by atoms with Crippen LogP contribution in [0, 0.1) is 24.0 Å². The van der Waals surface area contributed by atoms with E-state index in [-0.39, 0.29) is 80.6 Å². The summed E-state index contributed by atoms with van der Waals surface area (Å²) < 4.78 is 44.4. The molecule has 48 heavy (non-hydrogen) atoms. The molecule has 250 valence electrons. The lowest BCUT2D eigenvalue weighted by Gasteiger charge is -2.36. The predicted molar refractivity (Wildman–Crippen MR) is 176 cm³/mol. The first-order valence-electron chi connectivity index (χ1n) is 16.1. The first-order chi connectivity index (χ1) is 23.0. The number of aliphatic hydroxyl groups is 2. The number of benzene rings is 3. The van der Waals surface area contributed by atoms with Gasteiger partial charge >= 0.3 is 6.01 Å². The second kappa shape index (κ2) is 11.3. The summed E-state index contributed by atoms with van der Waals surface area (Å²) in [5, 5.41) is 36.2. The van der Waals surface area contributed by atoms with Crippen molar-refractivity contribution in [3.63, 3.8) is 0 Å². The average Bonchev–Trinajstić information content (AvgIpc) is 3.72. The van der Waals surface area contributed by atoms with Gasteiger partial charge in [0.1, 0.15) is 29.5 Å². The maximum absolute atomic E-state index is 17.3. The molecule has 3 unspecified atom stereocenters. The van der Waals surface area contributed by atoms with Gasteiger partial charge in [-0.05, 0) is 61.3 Å². The van der Waals surface area contributed by atoms with Crippen LogP contribution in [0.1, 0.15) is 44.1 Å². The van der Waals surface area contributed by atoms with E-state index < -0.39 is 23.1 Å². The fourth-order valence-corrected chi connectivity index (χ4v) is 8.76. The van der Waals surface area contributed by atoms with Crippen molar-refractivity contribution >= 4 is 39.1 Å². The van der Waals surface area contributed by atoms with E-state index in [2.05, 4.69) is 21.1 Å². The summed E-state index contributed by atoms with van der Waals surface area (Å²) in [5.41, 5.74) is -0.994. The summed E-state index contributed by atoms with van der Waals surface area (Å²) in [6.07, 6.45) is 9.85. The highest BCUT2D eigenvalue weighted by Gasteiger charge is 2.56. The van der Waals surface area contributed by atoms with Gasteiger partial charge in [-0.25, -0.2) is 13.7 Å². The fraction of sp³-hybridized carbons (Fsp3) is 0.429. The highest BCUT2D eigenvalue weighted by atomic mass is 35.5. The molecule has 5 heterocycles. The molecule has 0 spiro atoms. The van der Waals surface area contributed by atoms with Gasteiger partial charge in [-0.1, -0.05) is 23.6 Å². The van der Waals surface area contributed by atoms with Crippen molar-refractivity contribution in [1.29, 1.82) is 0 Å². The number of hydrogen-bond acceptors (Lipinski definition) is 10. The van der Waals surface area contributed by atoms with E-state index in [4.69, 9.17) is 32.5 Å². The van der Waals surface area contributed by atoms with E-state index in [0.29, 0.717) is 43.7 Å². The number of nitrogens with one attached hydrogen (secondary N) is 1. The SMILES string of the molecule is C#Cc1c(F)ccc2cc(O)cc(-c3c(Cl)c(OC)c4c(N5CC6CCC(C5)N6)nc(OCC56CCCN5C(O)(O)CC6)nc4c3F)c12. The standard InChI is InChI=1S/C35H34ClF2N5O5/c1-3-22-24(37)8-5-18-13-21(44)14-23(25(18)22)26-28(36)31(47-2)27-30(29(26)38)40-33(41-32(27)42-15-19-6-7-20(16-42)39-19)48-17-34-9-4-12-43(34)35(45,46)11-10-34/h1,5,8,13-14,19-20,39,44-46H,4,6-7,9-12,15-17H2,2H3. The number of phenols is 1. The third-order valence-electron chi connectivity index (χ3n) is 10.6. The highest BCUT2D eigenvalue weighted by Crippen LogP contribution is 2.50. The summed E-state index contributed by atoms with van der Waals surface area (Å²) in [6.45, 7) is 1.78. The molecule has 3 atom stereocenters. The molecule has 4 saturated heterocycles. The van der Waals surface area contributed by atoms with Crippen LogP contribution in [0.5, 0.6) is 17.5 Å². The Hall–Kier alpha value is -3.99. The Morgan fingerprint density at radius 1 is 1.10 bits per heavy atom. The first kappa shape index (κ1) is 31.3. The van der Waals surface area contributed by atoms with Gasteiger partial charge in [0, 0.05) is 49.1 Å². The van der Waals surface area contributed by atoms with Crippen LogP contribution in [0.4, 0.5) is 14.6 Å². The van der Waals surface area contributed by atoms with Gasteiger partial charge in [0.15, 0.2) is 11.6 Å². The quantitative estimate of drug-likeness (QED) is 0.169. The number of anilines is 1. The Morgan fingerprint density at radius 3 is 2.60 bits per heavy atom. The molecule has 1 aromatic heterocycles. The number of phenolic OH excluding ortho intramolecular Hbond substituents is 1. The number of nitrogens with zero attached hydrogens (tertiary/aromatic N) is 4. The first-order valence-corrected chi connectivity index (χ1v) is 16.5. The van der Waals surface area contributed by atoms with Gasteiger partial charge in [0.25, 0.3) is 0 Å². The lowest BCUT2D eigenvalue weighted by molar-refractivity contribution is -0.256. The second-order valence-electron chi connectivity index (χ2n) is 13.3. The van der Waals surface area contributed by atoms with Gasteiger partial charge < -0.3 is 35.0 Å². The predicted octanol–water partition coefficient (Wildman–Crippen LogP) is 4.66. The zero-order chi connectivity index (χ0) is 33.5. The molecule has 4 aromatic rings. The molecule has 4 aliphatic heterocycles. The largest absolute Gasteiger partial charge is 0.508 e. The van der Waals surface area contributed by atoms with Gasteiger partial charge in [0.2, 0.25) is 5.91 Å². The van der Waals surface area contributed by atoms with E-state index >= 15 is 8.78 Å². The Labute approximate surface area is 280 Å². The van der Waals surface area contributed by atoms with E-state index in [0.717, 1.165) is 19.3 Å². The lowest BCUT2D eigenvalue weighted by Crippen LogP contribution is -2.53. The molecule has 0 aliphatic carbocycles. The number of hydrogen-bond donors (Lipinski definition) is 4. The Balaban J connectivity index is 1.35. The molecular weight excluding hydrogens is 644 g/mol. The number of fused-ring (bicyclic) bond motifs is 5. The Kier molecular flexibility index (Phi) is 7.36. The van der Waals surface area contributed by atoms with Crippen LogP contribution in [0.25, 0.3) is 32.8 Å². The summed E-state index contributed by atoms with van der Waals surface area (Å²) in [6, 6.07) is 5.68. The number of methoxy groups -OCH3 is 1. The Bertz CT molecular complexity index is 2030. The number of piperazine rings is 1. The fourth-order valence-electron chi connectivity index (χ4n) is 8.40. The zero-order valence-electron chi connectivity index (χ0n) is 26.2. The minimum absolute atomic E-state index is 0.0643. The van der Waals surface area contributed by atoms with E-state index in [1.807, 2.05) is 0 Å². The zero-order valence-corrected chi connectivity index (χ0v) is 26.9. The van der Waals surface area contributed by atoms with Crippen molar-refractivity contribution in [3.05, 3.63) is 46.5 Å². The molecule has 2 bridgehead atoms. The van der Waals surface area contributed by atoms with Crippen LogP contribution >= 0.6 is 11.6 Å². The molecule has 0 saturated carbocycles. The third kappa shape index (κ3) is 4.75. The van der Waals surface area contributed by atoms with Crippen LogP contribution < -0.4 is 19.7 Å². The normalized spacial score (nSPS) is 24.7. The summed E-state index contributed by atoms with van der Waals surface area (Å²) in [7, 11) is 1.41. The third-order valence-corrected chi connectivity index (χ3v) is 10.9. The molecule has 13 heteroatoms. The summed E-state index contributed by atoms with van der Waals surface area (Å²) in [4.78, 5) is 13.1. The monoisotopic (exact) mass is 677 g/mol. The van der Waals surface area contributed by atoms with Crippen LogP contribution in [0.15, 0.2) is 24.3 Å². The molecule has 8 rings (SSSR count). The van der Waals surface area contributed by atoms with E-state index in [9.17, 15) is 15.3 Å². The molecule has 0 radical (unpaired) electrons. The molecule has 0 amide bonds. The molecule has 3 aromatic carbocycles. The van der Waals surface area contributed by atoms with Crippen LogP contribution in [-0.2, 0) is 0 Å². The smallest absolute Gasteiger partial charge is 0.319 e. The molecule has 4 fully saturated rings. The van der Waals surface area contributed by atoms with Crippen molar-refractivity contribution in [1.82, 2.24) is 20.2 Å². The minimum atomic E-state index is -1.93. The molecule has 4 aliphatic rings. The number of halogens is 3. The van der Waals surface area contributed by atoms with Gasteiger partial charge in [-0.3, -0.25) is 0 Å². The number of ether oxygens (including phenoxy) is 2. The van der Waals surface area contributed by atoms with Crippen LogP contribution in [-0.4, -0.2) is 87.1 Å². The van der Waals surface area contributed by atoms with Gasteiger partial charge in [-0.15, -0.1) is 6.42 Å². The summed E-state index contributed by atoms with van der Waals surface area (Å²) >= 11 is 7.01. The Morgan fingerprint density at radius 2 is 1.88 bits per heavy atom. The number of aromatic nitrogens is 2. The van der Waals surface area contributed by atoms with Crippen LogP contribution in [0.3, 0.4) is 0 Å². The molecular formula is C35H34ClF2N5O5. The van der Waals surface area contributed by atoms with Crippen LogP contribution in [0.2, 0.25) is 5.02 Å². The minimum Gasteiger partial charge on any atom is -0.508 e. The van der Waals surface area contributed by atoms with Crippen molar-refractivity contribution in [2.45, 2.75) is 62.1 Å². The van der Waals surface area contributed by atoms with Crippen molar-refractivity contribution in [3.8, 4) is 41.0 Å². The number of terminal acetylenes is 1. The molecule has 10 nitrogen and oxygen atoms in total. The molecule has 4 N–H and O–H groups in total. The van der Waals surface area contributed by atoms with Crippen molar-refractivity contribution in [2.75, 3.05) is 38.3 Å². The number of aromatic hydroxyl groups is 1. The maximum Gasteiger partial charge on any atom is 0.319 e. The lowest BCUT2D eigenvalue weighted by atomic mass is 9.92.